The van der Waals surface area contributed by atoms with Gasteiger partial charge in [-0.05, 0) is 26.5 Å². The molecule has 18 heavy (non-hydrogen) atoms. The number of nitriles is 1. The number of nitrogens with zero attached hydrogens (tertiary/aromatic N) is 2. The highest BCUT2D eigenvalue weighted by molar-refractivity contribution is 5.25. The van der Waals surface area contributed by atoms with E-state index in [-0.39, 0.29) is 12.0 Å². The second kappa shape index (κ2) is 7.86. The number of ether oxygens (including phenoxy) is 1. The summed E-state index contributed by atoms with van der Waals surface area (Å²) in [7, 11) is 2.02. The highest BCUT2D eigenvalue weighted by atomic mass is 16.5. The molecule has 1 aromatic rings. The Labute approximate surface area is 110 Å². The van der Waals surface area contributed by atoms with Crippen molar-refractivity contribution in [3.05, 3.63) is 35.9 Å². The van der Waals surface area contributed by atoms with Gasteiger partial charge in [0.25, 0.3) is 0 Å². The fourth-order valence-corrected chi connectivity index (χ4v) is 1.75. The highest BCUT2D eigenvalue weighted by Gasteiger charge is 2.12. The van der Waals surface area contributed by atoms with Crippen LogP contribution < -0.4 is 0 Å². The lowest BCUT2D eigenvalue weighted by Gasteiger charge is -2.20. The van der Waals surface area contributed by atoms with Crippen molar-refractivity contribution in [2.45, 2.75) is 25.9 Å². The van der Waals surface area contributed by atoms with Crippen LogP contribution in [0.25, 0.3) is 0 Å². The van der Waals surface area contributed by atoms with E-state index in [1.54, 1.807) is 0 Å². The maximum absolute atomic E-state index is 9.23. The summed E-state index contributed by atoms with van der Waals surface area (Å²) in [5.74, 6) is -0.0738. The third kappa shape index (κ3) is 5.31. The fraction of sp³-hybridized carbons (Fsp3) is 0.533. The summed E-state index contributed by atoms with van der Waals surface area (Å²) in [6.45, 7) is 6.36. The normalized spacial score (nSPS) is 12.7. The maximum Gasteiger partial charge on any atom is 0.0839 e. The molecule has 3 heteroatoms. The first-order valence-corrected chi connectivity index (χ1v) is 6.38. The molecule has 0 saturated carbocycles. The van der Waals surface area contributed by atoms with Crippen molar-refractivity contribution in [1.82, 2.24) is 4.90 Å². The van der Waals surface area contributed by atoms with E-state index in [2.05, 4.69) is 11.0 Å². The minimum Gasteiger partial charge on any atom is -0.377 e. The molecule has 0 fully saturated rings. The molecule has 0 saturated heterocycles. The third-order valence-corrected chi connectivity index (χ3v) is 2.78. The van der Waals surface area contributed by atoms with Gasteiger partial charge in [0, 0.05) is 13.1 Å². The quantitative estimate of drug-likeness (QED) is 0.742. The Morgan fingerprint density at radius 2 is 1.94 bits per heavy atom. The molecule has 0 amide bonds. The standard InChI is InChI=1S/C15H22N2O/c1-13(2)18-10-9-17(3)12-15(11-16)14-7-5-4-6-8-14/h4-8,13,15H,9-10,12H2,1-3H3. The van der Waals surface area contributed by atoms with E-state index in [0.29, 0.717) is 6.61 Å². The molecule has 3 nitrogen and oxygen atoms in total. The van der Waals surface area contributed by atoms with Gasteiger partial charge in [-0.25, -0.2) is 0 Å². The molecule has 1 unspecified atom stereocenters. The molecule has 0 N–H and O–H groups in total. The molecule has 0 aliphatic rings. The second-order valence-corrected chi connectivity index (χ2v) is 4.77. The molecule has 98 valence electrons. The van der Waals surface area contributed by atoms with Crippen LogP contribution in [-0.2, 0) is 4.74 Å². The van der Waals surface area contributed by atoms with E-state index in [1.807, 2.05) is 51.2 Å². The number of hydrogen-bond acceptors (Lipinski definition) is 3. The summed E-state index contributed by atoms with van der Waals surface area (Å²) in [6.07, 6.45) is 0.263. The van der Waals surface area contributed by atoms with Gasteiger partial charge in [-0.1, -0.05) is 30.3 Å². The maximum atomic E-state index is 9.23. The highest BCUT2D eigenvalue weighted by Crippen LogP contribution is 2.15. The topological polar surface area (TPSA) is 36.3 Å². The zero-order valence-corrected chi connectivity index (χ0v) is 11.5. The third-order valence-electron chi connectivity index (χ3n) is 2.78. The van der Waals surface area contributed by atoms with Crippen LogP contribution in [0, 0.1) is 11.3 Å². The van der Waals surface area contributed by atoms with E-state index in [9.17, 15) is 5.26 Å². The van der Waals surface area contributed by atoms with E-state index in [1.165, 1.54) is 0 Å². The van der Waals surface area contributed by atoms with Crippen molar-refractivity contribution < 1.29 is 4.74 Å². The van der Waals surface area contributed by atoms with Crippen LogP contribution in [0.1, 0.15) is 25.3 Å². The first-order valence-electron chi connectivity index (χ1n) is 6.38. The van der Waals surface area contributed by atoms with Crippen molar-refractivity contribution >= 4 is 0 Å². The molecule has 0 aliphatic carbocycles. The van der Waals surface area contributed by atoms with Crippen LogP contribution in [0.2, 0.25) is 0 Å². The van der Waals surface area contributed by atoms with Gasteiger partial charge >= 0.3 is 0 Å². The molecule has 0 aliphatic heterocycles. The fourth-order valence-electron chi connectivity index (χ4n) is 1.75. The summed E-state index contributed by atoms with van der Waals surface area (Å²) in [5.41, 5.74) is 1.08. The van der Waals surface area contributed by atoms with Gasteiger partial charge in [0.05, 0.1) is 24.7 Å². The lowest BCUT2D eigenvalue weighted by atomic mass is 10.0. The smallest absolute Gasteiger partial charge is 0.0839 e. The Bertz CT molecular complexity index is 370. The van der Waals surface area contributed by atoms with Crippen LogP contribution in [0.4, 0.5) is 0 Å². The average Bonchev–Trinajstić information content (AvgIpc) is 2.36. The Hall–Kier alpha value is -1.37. The van der Waals surface area contributed by atoms with E-state index < -0.39 is 0 Å². The predicted octanol–water partition coefficient (Wildman–Crippen LogP) is 2.65. The van der Waals surface area contributed by atoms with Gasteiger partial charge in [0.1, 0.15) is 0 Å². The number of likely N-dealkylation sites (N-methyl/N-ethyl adjacent to an activating group) is 1. The molecule has 0 heterocycles. The van der Waals surface area contributed by atoms with Crippen molar-refractivity contribution in [3.63, 3.8) is 0 Å². The van der Waals surface area contributed by atoms with E-state index in [0.717, 1.165) is 18.7 Å². The van der Waals surface area contributed by atoms with Crippen LogP contribution in [-0.4, -0.2) is 37.7 Å². The van der Waals surface area contributed by atoms with Gasteiger partial charge in [-0.2, -0.15) is 5.26 Å². The van der Waals surface area contributed by atoms with E-state index >= 15 is 0 Å². The summed E-state index contributed by atoms with van der Waals surface area (Å²) < 4.78 is 5.51. The minimum absolute atomic E-state index is 0.0738. The van der Waals surface area contributed by atoms with Crippen molar-refractivity contribution in [1.29, 1.82) is 5.26 Å². The lowest BCUT2D eigenvalue weighted by molar-refractivity contribution is 0.0636. The van der Waals surface area contributed by atoms with Gasteiger partial charge in [-0.15, -0.1) is 0 Å². The van der Waals surface area contributed by atoms with Crippen molar-refractivity contribution in [2.75, 3.05) is 26.7 Å². The molecule has 0 bridgehead atoms. The number of rotatable bonds is 7. The lowest BCUT2D eigenvalue weighted by Crippen LogP contribution is -2.28. The largest absolute Gasteiger partial charge is 0.377 e. The summed E-state index contributed by atoms with van der Waals surface area (Å²) in [6, 6.07) is 12.3. The average molecular weight is 246 g/mol. The number of hydrogen-bond donors (Lipinski definition) is 0. The molecular weight excluding hydrogens is 224 g/mol. The van der Waals surface area contributed by atoms with Crippen LogP contribution in [0.5, 0.6) is 0 Å². The van der Waals surface area contributed by atoms with E-state index in [4.69, 9.17) is 4.74 Å². The molecule has 1 atom stereocenters. The Morgan fingerprint density at radius 3 is 2.50 bits per heavy atom. The Balaban J connectivity index is 2.42. The van der Waals surface area contributed by atoms with Gasteiger partial charge in [-0.3, -0.25) is 0 Å². The SMILES string of the molecule is CC(C)OCCN(C)CC(C#N)c1ccccc1. The van der Waals surface area contributed by atoms with Crippen LogP contribution >= 0.6 is 0 Å². The van der Waals surface area contributed by atoms with Crippen LogP contribution in [0.3, 0.4) is 0 Å². The monoisotopic (exact) mass is 246 g/mol. The first-order chi connectivity index (χ1) is 8.63. The van der Waals surface area contributed by atoms with Gasteiger partial charge in [0.2, 0.25) is 0 Å². The number of benzene rings is 1. The predicted molar refractivity (Wildman–Crippen MR) is 73.4 cm³/mol. The first kappa shape index (κ1) is 14.7. The molecule has 1 aromatic carbocycles. The molecular formula is C15H22N2O. The minimum atomic E-state index is -0.0738. The zero-order chi connectivity index (χ0) is 13.4. The summed E-state index contributed by atoms with van der Waals surface area (Å²) >= 11 is 0. The summed E-state index contributed by atoms with van der Waals surface area (Å²) in [5, 5.41) is 9.23. The second-order valence-electron chi connectivity index (χ2n) is 4.77. The Morgan fingerprint density at radius 1 is 1.28 bits per heavy atom. The van der Waals surface area contributed by atoms with Crippen molar-refractivity contribution in [3.8, 4) is 6.07 Å². The molecule has 0 aromatic heterocycles. The zero-order valence-electron chi connectivity index (χ0n) is 11.5. The Kier molecular flexibility index (Phi) is 6.42. The van der Waals surface area contributed by atoms with Gasteiger partial charge in [0.15, 0.2) is 0 Å². The molecule has 1 rings (SSSR count). The molecule has 0 spiro atoms. The van der Waals surface area contributed by atoms with Crippen molar-refractivity contribution in [2.24, 2.45) is 0 Å². The molecule has 0 radical (unpaired) electrons. The summed E-state index contributed by atoms with van der Waals surface area (Å²) in [4.78, 5) is 2.14. The van der Waals surface area contributed by atoms with Crippen LogP contribution in [0.15, 0.2) is 30.3 Å². The van der Waals surface area contributed by atoms with Gasteiger partial charge < -0.3 is 9.64 Å².